The molecule has 0 N–H and O–H groups in total. The van der Waals surface area contributed by atoms with Gasteiger partial charge in [-0.05, 0) is 79.8 Å². The van der Waals surface area contributed by atoms with E-state index in [0.29, 0.717) is 17.6 Å². The first kappa shape index (κ1) is 34.5. The van der Waals surface area contributed by atoms with Gasteiger partial charge in [0, 0.05) is 38.4 Å². The Hall–Kier alpha value is -8.41. The van der Waals surface area contributed by atoms with Gasteiger partial charge >= 0.3 is 0 Å². The zero-order valence-electron chi connectivity index (χ0n) is 33.4. The van der Waals surface area contributed by atoms with Crippen LogP contribution in [0.15, 0.2) is 212 Å². The third-order valence-corrected chi connectivity index (χ3v) is 12.6. The third kappa shape index (κ3) is 5.18. The summed E-state index contributed by atoms with van der Waals surface area (Å²) in [7, 11) is 0. The molecule has 0 fully saturated rings. The van der Waals surface area contributed by atoms with Crippen molar-refractivity contribution in [1.82, 2.24) is 24.1 Å². The quantitative estimate of drug-likeness (QED) is 0.163. The van der Waals surface area contributed by atoms with Gasteiger partial charge in [-0.2, -0.15) is 9.97 Å². The van der Waals surface area contributed by atoms with E-state index in [-0.39, 0.29) is 0 Å². The van der Waals surface area contributed by atoms with Crippen molar-refractivity contribution in [2.75, 3.05) is 0 Å². The first-order valence-electron chi connectivity index (χ1n) is 21.0. The summed E-state index contributed by atoms with van der Waals surface area (Å²) in [6.45, 7) is 0. The fraction of sp³-hybridized carbons (Fsp3) is 0. The molecule has 13 rings (SSSR count). The molecule has 5 heteroatoms. The molecule has 0 aliphatic heterocycles. The van der Waals surface area contributed by atoms with Gasteiger partial charge in [0.25, 0.3) is 0 Å². The second-order valence-electron chi connectivity index (χ2n) is 16.0. The summed E-state index contributed by atoms with van der Waals surface area (Å²) < 4.78 is 4.66. The molecule has 5 nitrogen and oxygen atoms in total. The van der Waals surface area contributed by atoms with Gasteiger partial charge in [-0.15, -0.1) is 0 Å². The molecule has 288 valence electrons. The van der Waals surface area contributed by atoms with Crippen molar-refractivity contribution in [3.05, 3.63) is 212 Å². The maximum Gasteiger partial charge on any atom is 0.238 e. The molecule has 0 atom stereocenters. The number of hydrogen-bond acceptors (Lipinski definition) is 3. The minimum Gasteiger partial charge on any atom is -0.309 e. The molecule has 0 saturated carbocycles. The average molecular weight is 790 g/mol. The highest BCUT2D eigenvalue weighted by atomic mass is 15.2. The third-order valence-electron chi connectivity index (χ3n) is 12.6. The van der Waals surface area contributed by atoms with Gasteiger partial charge < -0.3 is 4.57 Å². The lowest BCUT2D eigenvalue weighted by atomic mass is 9.94. The number of fused-ring (bicyclic) bond motifs is 13. The van der Waals surface area contributed by atoms with Gasteiger partial charge in [-0.25, -0.2) is 4.98 Å². The number of benzene rings is 10. The van der Waals surface area contributed by atoms with Crippen LogP contribution >= 0.6 is 0 Å². The molecule has 10 aromatic carbocycles. The summed E-state index contributed by atoms with van der Waals surface area (Å²) in [4.78, 5) is 15.6. The SMILES string of the molecule is c1ccc(-c2ccc(-c3nc(-c4ccccc4)nc(-n4c5ccccc5c5c6c7ccccc7n(-c7ccc8c9ccccc9c9ccccc9c8c7)c6ccc54)n3)cc2)cc1. The van der Waals surface area contributed by atoms with Gasteiger partial charge in [-0.3, -0.25) is 4.57 Å². The molecular formula is C57H35N5. The first-order valence-corrected chi connectivity index (χ1v) is 21.0. The lowest BCUT2D eigenvalue weighted by molar-refractivity contribution is 0.953. The topological polar surface area (TPSA) is 48.5 Å². The van der Waals surface area contributed by atoms with E-state index in [1.807, 2.05) is 24.3 Å². The highest BCUT2D eigenvalue weighted by Gasteiger charge is 2.23. The molecule has 13 aromatic rings. The highest BCUT2D eigenvalue weighted by Crippen LogP contribution is 2.43. The van der Waals surface area contributed by atoms with Gasteiger partial charge in [0.05, 0.1) is 22.1 Å². The van der Waals surface area contributed by atoms with Crippen LogP contribution in [-0.2, 0) is 0 Å². The predicted octanol–water partition coefficient (Wildman–Crippen LogP) is 14.5. The molecular weight excluding hydrogens is 755 g/mol. The Morgan fingerprint density at radius 1 is 0.258 bits per heavy atom. The predicted molar refractivity (Wildman–Crippen MR) is 257 cm³/mol. The van der Waals surface area contributed by atoms with Gasteiger partial charge in [0.2, 0.25) is 5.95 Å². The largest absolute Gasteiger partial charge is 0.309 e. The fourth-order valence-electron chi connectivity index (χ4n) is 9.80. The van der Waals surface area contributed by atoms with Gasteiger partial charge in [0.15, 0.2) is 11.6 Å². The summed E-state index contributed by atoms with van der Waals surface area (Å²) in [5, 5.41) is 12.3. The maximum absolute atomic E-state index is 5.28. The molecule has 0 radical (unpaired) electrons. The molecule has 0 amide bonds. The molecule has 0 saturated heterocycles. The van der Waals surface area contributed by atoms with E-state index < -0.39 is 0 Å². The molecule has 3 aromatic heterocycles. The summed E-state index contributed by atoms with van der Waals surface area (Å²) in [6, 6.07) is 75.6. The van der Waals surface area contributed by atoms with E-state index in [4.69, 9.17) is 15.0 Å². The van der Waals surface area contributed by atoms with Crippen LogP contribution in [-0.4, -0.2) is 24.1 Å². The number of hydrogen-bond donors (Lipinski definition) is 0. The molecule has 62 heavy (non-hydrogen) atoms. The standard InChI is InChI=1S/C57H35N5/c1-3-15-36(16-4-1)37-27-29-39(30-28-37)56-58-55(38-17-5-2-6-18-38)59-57(60-56)62-50-26-14-12-24-47(50)54-52(62)34-33-51-53(54)46-23-11-13-25-49(46)61(51)40-31-32-45-43-21-8-7-19-41(43)42-20-9-10-22-44(42)48(45)35-40/h1-35H. The van der Waals surface area contributed by atoms with Crippen molar-refractivity contribution in [2.45, 2.75) is 0 Å². The van der Waals surface area contributed by atoms with E-state index in [1.165, 1.54) is 54.0 Å². The molecule has 3 heterocycles. The Bertz CT molecular complexity index is 3870. The first-order chi connectivity index (χ1) is 30.8. The second kappa shape index (κ2) is 13.6. The maximum atomic E-state index is 5.28. The Kier molecular flexibility index (Phi) is 7.54. The molecule has 0 aliphatic rings. The molecule has 0 spiro atoms. The van der Waals surface area contributed by atoms with Crippen molar-refractivity contribution in [1.29, 1.82) is 0 Å². The lowest BCUT2D eigenvalue weighted by Crippen LogP contribution is -2.06. The zero-order valence-corrected chi connectivity index (χ0v) is 33.4. The van der Waals surface area contributed by atoms with Crippen molar-refractivity contribution < 1.29 is 0 Å². The van der Waals surface area contributed by atoms with Crippen LogP contribution in [0.2, 0.25) is 0 Å². The molecule has 0 bridgehead atoms. The Morgan fingerprint density at radius 2 is 0.661 bits per heavy atom. The van der Waals surface area contributed by atoms with Crippen LogP contribution in [0.3, 0.4) is 0 Å². The van der Waals surface area contributed by atoms with Crippen LogP contribution in [0.1, 0.15) is 0 Å². The van der Waals surface area contributed by atoms with Crippen molar-refractivity contribution >= 4 is 75.9 Å². The van der Waals surface area contributed by atoms with E-state index >= 15 is 0 Å². The van der Waals surface area contributed by atoms with Crippen LogP contribution in [0.25, 0.3) is 121 Å². The van der Waals surface area contributed by atoms with Crippen molar-refractivity contribution in [2.24, 2.45) is 0 Å². The number of rotatable bonds is 5. The summed E-state index contributed by atoms with van der Waals surface area (Å²) in [5.41, 5.74) is 9.66. The Balaban J connectivity index is 1.06. The van der Waals surface area contributed by atoms with Crippen LogP contribution in [0, 0.1) is 0 Å². The Morgan fingerprint density at radius 3 is 1.24 bits per heavy atom. The van der Waals surface area contributed by atoms with E-state index in [9.17, 15) is 0 Å². The number of nitrogens with zero attached hydrogens (tertiary/aromatic N) is 5. The zero-order chi connectivity index (χ0) is 40.7. The van der Waals surface area contributed by atoms with E-state index in [2.05, 4.69) is 197 Å². The average Bonchev–Trinajstić information content (AvgIpc) is 3.87. The summed E-state index contributed by atoms with van der Waals surface area (Å²) in [5.74, 6) is 1.82. The normalized spacial score (nSPS) is 11.9. The van der Waals surface area contributed by atoms with Gasteiger partial charge in [-0.1, -0.05) is 176 Å². The van der Waals surface area contributed by atoms with E-state index in [1.54, 1.807) is 0 Å². The fourth-order valence-corrected chi connectivity index (χ4v) is 9.80. The minimum atomic E-state index is 0.573. The van der Waals surface area contributed by atoms with Gasteiger partial charge in [0.1, 0.15) is 0 Å². The second-order valence-corrected chi connectivity index (χ2v) is 16.0. The Labute approximate surface area is 356 Å². The van der Waals surface area contributed by atoms with Crippen molar-refractivity contribution in [3.8, 4) is 45.5 Å². The van der Waals surface area contributed by atoms with Crippen LogP contribution in [0.4, 0.5) is 0 Å². The highest BCUT2D eigenvalue weighted by molar-refractivity contribution is 6.29. The number of aromatic nitrogens is 5. The molecule has 0 aliphatic carbocycles. The van der Waals surface area contributed by atoms with E-state index in [0.717, 1.165) is 49.8 Å². The minimum absolute atomic E-state index is 0.573. The monoisotopic (exact) mass is 789 g/mol. The molecule has 0 unspecified atom stereocenters. The smallest absolute Gasteiger partial charge is 0.238 e. The van der Waals surface area contributed by atoms with Crippen LogP contribution in [0.5, 0.6) is 0 Å². The number of para-hydroxylation sites is 2. The van der Waals surface area contributed by atoms with Crippen LogP contribution < -0.4 is 0 Å². The summed E-state index contributed by atoms with van der Waals surface area (Å²) >= 11 is 0. The lowest BCUT2D eigenvalue weighted by Gasteiger charge is -2.14. The summed E-state index contributed by atoms with van der Waals surface area (Å²) in [6.07, 6.45) is 0. The van der Waals surface area contributed by atoms with Crippen molar-refractivity contribution in [3.63, 3.8) is 0 Å².